The summed E-state index contributed by atoms with van der Waals surface area (Å²) in [5.74, 6) is 0. The van der Waals surface area contributed by atoms with Crippen LogP contribution in [0.25, 0.3) is 10.9 Å². The molecule has 0 aliphatic heterocycles. The highest BCUT2D eigenvalue weighted by Gasteiger charge is 2.24. The molecule has 0 spiro atoms. The highest BCUT2D eigenvalue weighted by Crippen LogP contribution is 2.30. The van der Waals surface area contributed by atoms with Crippen LogP contribution < -0.4 is 21.5 Å². The Morgan fingerprint density at radius 3 is 2.47 bits per heavy atom. The molecule has 1 aliphatic carbocycles. The van der Waals surface area contributed by atoms with E-state index in [0.29, 0.717) is 5.69 Å². The summed E-state index contributed by atoms with van der Waals surface area (Å²) in [6.45, 7) is 1.99. The van der Waals surface area contributed by atoms with E-state index in [1.165, 1.54) is 12.4 Å². The molecule has 4 rings (SSSR count). The van der Waals surface area contributed by atoms with E-state index < -0.39 is 10.5 Å². The van der Waals surface area contributed by atoms with Gasteiger partial charge in [0.2, 0.25) is 0 Å². The number of hydrogen-bond acceptors (Lipinski definition) is 6. The van der Waals surface area contributed by atoms with Gasteiger partial charge in [-0.1, -0.05) is 17.7 Å². The number of nitro groups is 1. The molecule has 1 aromatic heterocycles. The zero-order valence-corrected chi connectivity index (χ0v) is 17.6. The zero-order chi connectivity index (χ0) is 22.7. The SMILES string of the molecule is Cc1ccc(NC(=O)NC2CCC(Nc3ccc([N+](=O)[O-])c4nc[nH]c(=O)c34)CC2)cc1. The van der Waals surface area contributed by atoms with Crippen LogP contribution >= 0.6 is 0 Å². The normalized spacial score (nSPS) is 18.2. The van der Waals surface area contributed by atoms with Gasteiger partial charge in [0, 0.05) is 29.5 Å². The molecule has 0 bridgehead atoms. The smallest absolute Gasteiger partial charge is 0.319 e. The first kappa shape index (κ1) is 21.3. The van der Waals surface area contributed by atoms with Gasteiger partial charge in [-0.05, 0) is 50.8 Å². The summed E-state index contributed by atoms with van der Waals surface area (Å²) in [5.41, 5.74) is 1.82. The highest BCUT2D eigenvalue weighted by molar-refractivity contribution is 5.96. The minimum absolute atomic E-state index is 0.0529. The second-order valence-corrected chi connectivity index (χ2v) is 8.00. The lowest BCUT2D eigenvalue weighted by atomic mass is 9.91. The van der Waals surface area contributed by atoms with Crippen LogP contribution in [0.15, 0.2) is 47.5 Å². The number of benzene rings is 2. The van der Waals surface area contributed by atoms with Gasteiger partial charge in [-0.3, -0.25) is 14.9 Å². The van der Waals surface area contributed by atoms with Gasteiger partial charge in [0.25, 0.3) is 11.2 Å². The number of H-pyrrole nitrogens is 1. The molecule has 0 saturated heterocycles. The van der Waals surface area contributed by atoms with Gasteiger partial charge in [0.15, 0.2) is 5.52 Å². The van der Waals surface area contributed by atoms with Crippen molar-refractivity contribution in [2.45, 2.75) is 44.7 Å². The number of aromatic amines is 1. The Kier molecular flexibility index (Phi) is 6.02. The topological polar surface area (TPSA) is 142 Å². The van der Waals surface area contributed by atoms with Crippen molar-refractivity contribution >= 4 is 34.0 Å². The maximum Gasteiger partial charge on any atom is 0.319 e. The second-order valence-electron chi connectivity index (χ2n) is 8.00. The Hall–Kier alpha value is -3.95. The summed E-state index contributed by atoms with van der Waals surface area (Å²) in [5, 5.41) is 20.6. The zero-order valence-electron chi connectivity index (χ0n) is 17.6. The van der Waals surface area contributed by atoms with Gasteiger partial charge >= 0.3 is 6.03 Å². The number of carbonyl (C=O) groups excluding carboxylic acids is 1. The maximum absolute atomic E-state index is 12.3. The average molecular weight is 436 g/mol. The number of urea groups is 1. The van der Waals surface area contributed by atoms with Gasteiger partial charge in [-0.2, -0.15) is 0 Å². The largest absolute Gasteiger partial charge is 0.382 e. The number of hydrogen-bond donors (Lipinski definition) is 4. The van der Waals surface area contributed by atoms with Crippen molar-refractivity contribution in [2.24, 2.45) is 0 Å². The number of amides is 2. The third-order valence-electron chi connectivity index (χ3n) is 5.70. The van der Waals surface area contributed by atoms with Crippen LogP contribution in [-0.4, -0.2) is 33.0 Å². The molecule has 1 heterocycles. The summed E-state index contributed by atoms with van der Waals surface area (Å²) in [6.07, 6.45) is 4.29. The molecule has 4 N–H and O–H groups in total. The predicted molar refractivity (Wildman–Crippen MR) is 122 cm³/mol. The van der Waals surface area contributed by atoms with E-state index in [1.54, 1.807) is 6.07 Å². The number of carbonyl (C=O) groups is 1. The summed E-state index contributed by atoms with van der Waals surface area (Å²) in [6, 6.07) is 10.4. The molecular formula is C22H24N6O4. The summed E-state index contributed by atoms with van der Waals surface area (Å²) in [7, 11) is 0. The first-order chi connectivity index (χ1) is 15.4. The van der Waals surface area contributed by atoms with Crippen molar-refractivity contribution < 1.29 is 9.72 Å². The number of non-ortho nitro benzene ring substituents is 1. The van der Waals surface area contributed by atoms with Crippen LogP contribution in [0, 0.1) is 17.0 Å². The van der Waals surface area contributed by atoms with Crippen LogP contribution in [0.3, 0.4) is 0 Å². The van der Waals surface area contributed by atoms with Crippen molar-refractivity contribution in [1.82, 2.24) is 15.3 Å². The number of aryl methyl sites for hydroxylation is 1. The Labute approximate surface area is 183 Å². The molecule has 0 unspecified atom stereocenters. The quantitative estimate of drug-likeness (QED) is 0.355. The lowest BCUT2D eigenvalue weighted by Crippen LogP contribution is -2.42. The van der Waals surface area contributed by atoms with E-state index in [0.717, 1.165) is 36.9 Å². The van der Waals surface area contributed by atoms with Crippen LogP contribution in [0.5, 0.6) is 0 Å². The number of nitrogens with zero attached hydrogens (tertiary/aromatic N) is 2. The Balaban J connectivity index is 1.37. The standard InChI is InChI=1S/C22H24N6O4/c1-13-2-4-15(5-3-13)26-22(30)27-16-8-6-14(7-9-16)25-17-10-11-18(28(31)32)20-19(17)21(29)24-12-23-20/h2-5,10-12,14,16,25H,6-9H2,1H3,(H,23,24,29)(H2,26,27,30). The number of anilines is 2. The number of nitrogens with one attached hydrogen (secondary N) is 4. The van der Waals surface area contributed by atoms with Gasteiger partial charge < -0.3 is 20.9 Å². The molecule has 2 amide bonds. The Morgan fingerprint density at radius 1 is 1.09 bits per heavy atom. The lowest BCUT2D eigenvalue weighted by molar-refractivity contribution is -0.383. The molecular weight excluding hydrogens is 412 g/mol. The van der Waals surface area contributed by atoms with Crippen molar-refractivity contribution in [2.75, 3.05) is 10.6 Å². The van der Waals surface area contributed by atoms with Crippen molar-refractivity contribution in [3.05, 3.63) is 68.8 Å². The van der Waals surface area contributed by atoms with E-state index in [-0.39, 0.29) is 34.7 Å². The first-order valence-corrected chi connectivity index (χ1v) is 10.5. The third-order valence-corrected chi connectivity index (χ3v) is 5.70. The van der Waals surface area contributed by atoms with Crippen molar-refractivity contribution in [3.8, 4) is 0 Å². The predicted octanol–water partition coefficient (Wildman–Crippen LogP) is 3.68. The fourth-order valence-electron chi connectivity index (χ4n) is 4.03. The lowest BCUT2D eigenvalue weighted by Gasteiger charge is -2.30. The van der Waals surface area contributed by atoms with Crippen LogP contribution in [0.2, 0.25) is 0 Å². The second kappa shape index (κ2) is 9.04. The minimum Gasteiger partial charge on any atom is -0.382 e. The molecule has 1 saturated carbocycles. The van der Waals surface area contributed by atoms with Crippen molar-refractivity contribution in [3.63, 3.8) is 0 Å². The van der Waals surface area contributed by atoms with E-state index in [9.17, 15) is 19.7 Å². The van der Waals surface area contributed by atoms with Crippen LogP contribution in [-0.2, 0) is 0 Å². The van der Waals surface area contributed by atoms with Crippen molar-refractivity contribution in [1.29, 1.82) is 0 Å². The molecule has 1 aliphatic rings. The summed E-state index contributed by atoms with van der Waals surface area (Å²) >= 11 is 0. The van der Waals surface area contributed by atoms with E-state index in [1.807, 2.05) is 31.2 Å². The molecule has 10 heteroatoms. The van der Waals surface area contributed by atoms with E-state index in [2.05, 4.69) is 25.9 Å². The molecule has 166 valence electrons. The average Bonchev–Trinajstić information content (AvgIpc) is 2.76. The van der Waals surface area contributed by atoms with Crippen LogP contribution in [0.1, 0.15) is 31.2 Å². The molecule has 1 fully saturated rings. The molecule has 2 aromatic carbocycles. The molecule has 32 heavy (non-hydrogen) atoms. The molecule has 0 radical (unpaired) electrons. The summed E-state index contributed by atoms with van der Waals surface area (Å²) in [4.78, 5) is 41.8. The molecule has 3 aromatic rings. The minimum atomic E-state index is -0.545. The summed E-state index contributed by atoms with van der Waals surface area (Å²) < 4.78 is 0. The number of rotatable bonds is 5. The van der Waals surface area contributed by atoms with Gasteiger partial charge in [0.1, 0.15) is 0 Å². The fourth-order valence-corrected chi connectivity index (χ4v) is 4.03. The third kappa shape index (κ3) is 4.69. The fraction of sp³-hybridized carbons (Fsp3) is 0.318. The number of aromatic nitrogens is 2. The van der Waals surface area contributed by atoms with Crippen LogP contribution in [0.4, 0.5) is 21.9 Å². The number of nitro benzene ring substituents is 1. The van der Waals surface area contributed by atoms with Gasteiger partial charge in [-0.25, -0.2) is 9.78 Å². The maximum atomic E-state index is 12.3. The Morgan fingerprint density at radius 2 is 1.78 bits per heavy atom. The Bertz CT molecular complexity index is 1200. The van der Waals surface area contributed by atoms with E-state index in [4.69, 9.17) is 0 Å². The monoisotopic (exact) mass is 436 g/mol. The van der Waals surface area contributed by atoms with Gasteiger partial charge in [-0.15, -0.1) is 0 Å². The number of fused-ring (bicyclic) bond motifs is 1. The first-order valence-electron chi connectivity index (χ1n) is 10.5. The molecule has 0 atom stereocenters. The molecule has 10 nitrogen and oxygen atoms in total. The highest BCUT2D eigenvalue weighted by atomic mass is 16.6. The van der Waals surface area contributed by atoms with Gasteiger partial charge in [0.05, 0.1) is 16.6 Å². The van der Waals surface area contributed by atoms with E-state index >= 15 is 0 Å².